The summed E-state index contributed by atoms with van der Waals surface area (Å²) in [5, 5.41) is 2.85. The number of nitrogens with one attached hydrogen (secondary N) is 1. The Hall–Kier alpha value is -2.82. The SMILES string of the molecule is CC(=O)NCCCCCc1nc2ccccc2n1CCOc1ccccc1C. The summed E-state index contributed by atoms with van der Waals surface area (Å²) in [6.07, 6.45) is 4.06. The third kappa shape index (κ3) is 5.35. The molecule has 0 fully saturated rings. The van der Waals surface area contributed by atoms with E-state index in [-0.39, 0.29) is 5.91 Å². The zero-order valence-electron chi connectivity index (χ0n) is 16.8. The van der Waals surface area contributed by atoms with Crippen molar-refractivity contribution in [3.05, 3.63) is 59.9 Å². The maximum atomic E-state index is 10.9. The number of nitrogens with zero attached hydrogens (tertiary/aromatic N) is 2. The van der Waals surface area contributed by atoms with Gasteiger partial charge in [0.05, 0.1) is 17.6 Å². The molecule has 0 atom stereocenters. The second-order valence-electron chi connectivity index (χ2n) is 7.08. The molecule has 1 N–H and O–H groups in total. The number of carbonyl (C=O) groups is 1. The van der Waals surface area contributed by atoms with Crippen molar-refractivity contribution in [3.8, 4) is 5.75 Å². The standard InChI is InChI=1S/C23H29N3O2/c1-18-10-5-8-13-22(18)28-17-16-26-21-12-7-6-11-20(21)25-23(26)14-4-3-9-15-24-19(2)27/h5-8,10-13H,3-4,9,14-17H2,1-2H3,(H,24,27). The van der Waals surface area contributed by atoms with Crippen LogP contribution in [0.15, 0.2) is 48.5 Å². The number of imidazole rings is 1. The van der Waals surface area contributed by atoms with Gasteiger partial charge < -0.3 is 14.6 Å². The van der Waals surface area contributed by atoms with Crippen LogP contribution in [0.2, 0.25) is 0 Å². The molecule has 0 aliphatic heterocycles. The molecule has 0 spiro atoms. The first-order chi connectivity index (χ1) is 13.6. The number of aromatic nitrogens is 2. The molecule has 148 valence electrons. The minimum Gasteiger partial charge on any atom is -0.491 e. The lowest BCUT2D eigenvalue weighted by molar-refractivity contribution is -0.118. The molecule has 0 saturated heterocycles. The molecular weight excluding hydrogens is 350 g/mol. The highest BCUT2D eigenvalue weighted by Gasteiger charge is 2.10. The predicted octanol–water partition coefficient (Wildman–Crippen LogP) is 4.27. The van der Waals surface area contributed by atoms with Crippen molar-refractivity contribution in [3.63, 3.8) is 0 Å². The third-order valence-electron chi connectivity index (χ3n) is 4.85. The fourth-order valence-electron chi connectivity index (χ4n) is 3.38. The summed E-state index contributed by atoms with van der Waals surface area (Å²) in [5.74, 6) is 2.08. The van der Waals surface area contributed by atoms with Gasteiger partial charge in [0.15, 0.2) is 0 Å². The highest BCUT2D eigenvalue weighted by Crippen LogP contribution is 2.19. The van der Waals surface area contributed by atoms with Gasteiger partial charge in [0.2, 0.25) is 5.91 Å². The number of unbranched alkanes of at least 4 members (excludes halogenated alkanes) is 2. The summed E-state index contributed by atoms with van der Waals surface area (Å²) < 4.78 is 8.28. The third-order valence-corrected chi connectivity index (χ3v) is 4.85. The zero-order valence-corrected chi connectivity index (χ0v) is 16.8. The molecular formula is C23H29N3O2. The number of ether oxygens (including phenoxy) is 1. The number of amides is 1. The Morgan fingerprint density at radius 1 is 1.07 bits per heavy atom. The quantitative estimate of drug-likeness (QED) is 0.535. The van der Waals surface area contributed by atoms with Crippen molar-refractivity contribution in [2.45, 2.75) is 46.1 Å². The van der Waals surface area contributed by atoms with Crippen molar-refractivity contribution in [2.75, 3.05) is 13.2 Å². The molecule has 0 saturated carbocycles. The summed E-state index contributed by atoms with van der Waals surface area (Å²) in [4.78, 5) is 15.8. The van der Waals surface area contributed by atoms with Crippen molar-refractivity contribution < 1.29 is 9.53 Å². The van der Waals surface area contributed by atoms with Gasteiger partial charge in [-0.1, -0.05) is 36.8 Å². The van der Waals surface area contributed by atoms with Crippen molar-refractivity contribution in [1.29, 1.82) is 0 Å². The van der Waals surface area contributed by atoms with Crippen LogP contribution < -0.4 is 10.1 Å². The molecule has 3 aromatic rings. The molecule has 0 aliphatic carbocycles. The number of aryl methyl sites for hydroxylation is 2. The summed E-state index contributed by atoms with van der Waals surface area (Å²) in [7, 11) is 0. The predicted molar refractivity (Wildman–Crippen MR) is 113 cm³/mol. The van der Waals surface area contributed by atoms with E-state index in [1.54, 1.807) is 6.92 Å². The number of rotatable bonds is 10. The molecule has 0 unspecified atom stereocenters. The molecule has 1 heterocycles. The zero-order chi connectivity index (χ0) is 19.8. The molecule has 1 amide bonds. The Morgan fingerprint density at radius 3 is 2.68 bits per heavy atom. The Labute approximate surface area is 166 Å². The van der Waals surface area contributed by atoms with Crippen LogP contribution in [0.25, 0.3) is 11.0 Å². The second-order valence-corrected chi connectivity index (χ2v) is 7.08. The van der Waals surface area contributed by atoms with E-state index in [4.69, 9.17) is 9.72 Å². The largest absolute Gasteiger partial charge is 0.491 e. The first kappa shape index (κ1) is 19.9. The molecule has 5 nitrogen and oxygen atoms in total. The normalized spacial score (nSPS) is 10.9. The van der Waals surface area contributed by atoms with Gasteiger partial charge in [0.1, 0.15) is 18.2 Å². The lowest BCUT2D eigenvalue weighted by atomic mass is 10.2. The number of para-hydroxylation sites is 3. The number of carbonyl (C=O) groups excluding carboxylic acids is 1. The van der Waals surface area contributed by atoms with Gasteiger partial charge in [-0.05, 0) is 43.5 Å². The lowest BCUT2D eigenvalue weighted by Gasteiger charge is -2.12. The fraction of sp³-hybridized carbons (Fsp3) is 0.391. The van der Waals surface area contributed by atoms with E-state index in [0.29, 0.717) is 6.61 Å². The molecule has 0 aliphatic rings. The fourth-order valence-corrected chi connectivity index (χ4v) is 3.38. The number of hydrogen-bond acceptors (Lipinski definition) is 3. The van der Waals surface area contributed by atoms with E-state index in [1.807, 2.05) is 24.3 Å². The summed E-state index contributed by atoms with van der Waals surface area (Å²) >= 11 is 0. The van der Waals surface area contributed by atoms with Gasteiger partial charge in [-0.2, -0.15) is 0 Å². The van der Waals surface area contributed by atoms with Crippen LogP contribution in [0, 0.1) is 6.92 Å². The Kier molecular flexibility index (Phi) is 7.06. The van der Waals surface area contributed by atoms with Crippen LogP contribution in [-0.2, 0) is 17.8 Å². The molecule has 28 heavy (non-hydrogen) atoms. The maximum Gasteiger partial charge on any atom is 0.216 e. The molecule has 0 bridgehead atoms. The van der Waals surface area contributed by atoms with Gasteiger partial charge >= 0.3 is 0 Å². The Morgan fingerprint density at radius 2 is 1.86 bits per heavy atom. The van der Waals surface area contributed by atoms with Gasteiger partial charge in [-0.15, -0.1) is 0 Å². The monoisotopic (exact) mass is 379 g/mol. The van der Waals surface area contributed by atoms with Gasteiger partial charge in [-0.25, -0.2) is 4.98 Å². The Bertz CT molecular complexity index is 917. The highest BCUT2D eigenvalue weighted by atomic mass is 16.5. The highest BCUT2D eigenvalue weighted by molar-refractivity contribution is 5.75. The summed E-state index contributed by atoms with van der Waals surface area (Å²) in [6.45, 7) is 5.75. The summed E-state index contributed by atoms with van der Waals surface area (Å²) in [6, 6.07) is 16.4. The average molecular weight is 380 g/mol. The van der Waals surface area contributed by atoms with Crippen LogP contribution in [0.4, 0.5) is 0 Å². The number of hydrogen-bond donors (Lipinski definition) is 1. The van der Waals surface area contributed by atoms with Crippen molar-refractivity contribution >= 4 is 16.9 Å². The summed E-state index contributed by atoms with van der Waals surface area (Å²) in [5.41, 5.74) is 3.34. The minimum atomic E-state index is 0.0374. The van der Waals surface area contributed by atoms with Gasteiger partial charge in [-0.3, -0.25) is 4.79 Å². The maximum absolute atomic E-state index is 10.9. The van der Waals surface area contributed by atoms with Crippen molar-refractivity contribution in [2.24, 2.45) is 0 Å². The topological polar surface area (TPSA) is 56.2 Å². The van der Waals surface area contributed by atoms with Crippen LogP contribution in [0.3, 0.4) is 0 Å². The van der Waals surface area contributed by atoms with Crippen molar-refractivity contribution in [1.82, 2.24) is 14.9 Å². The lowest BCUT2D eigenvalue weighted by Crippen LogP contribution is -2.20. The molecule has 5 heteroatoms. The smallest absolute Gasteiger partial charge is 0.216 e. The van der Waals surface area contributed by atoms with Crippen LogP contribution in [-0.4, -0.2) is 28.6 Å². The van der Waals surface area contributed by atoms with E-state index in [1.165, 1.54) is 0 Å². The van der Waals surface area contributed by atoms with E-state index < -0.39 is 0 Å². The van der Waals surface area contributed by atoms with Gasteiger partial charge in [0, 0.05) is 19.9 Å². The average Bonchev–Trinajstić information content (AvgIpc) is 3.03. The van der Waals surface area contributed by atoms with Gasteiger partial charge in [0.25, 0.3) is 0 Å². The molecule has 2 aromatic carbocycles. The van der Waals surface area contributed by atoms with E-state index in [2.05, 4.69) is 41.1 Å². The second kappa shape index (κ2) is 9.93. The number of fused-ring (bicyclic) bond motifs is 1. The molecule has 0 radical (unpaired) electrons. The van der Waals surface area contributed by atoms with E-state index >= 15 is 0 Å². The Balaban J connectivity index is 1.60. The minimum absolute atomic E-state index is 0.0374. The number of benzene rings is 2. The first-order valence-electron chi connectivity index (χ1n) is 10.0. The van der Waals surface area contributed by atoms with Crippen LogP contribution in [0.1, 0.15) is 37.6 Å². The van der Waals surface area contributed by atoms with E-state index in [9.17, 15) is 4.79 Å². The van der Waals surface area contributed by atoms with Crippen LogP contribution in [0.5, 0.6) is 5.75 Å². The molecule has 3 rings (SSSR count). The molecule has 1 aromatic heterocycles. The first-order valence-corrected chi connectivity index (χ1v) is 10.0. The van der Waals surface area contributed by atoms with Crippen LogP contribution >= 0.6 is 0 Å². The van der Waals surface area contributed by atoms with E-state index in [0.717, 1.165) is 66.9 Å².